The Bertz CT molecular complexity index is 783. The third-order valence-corrected chi connectivity index (χ3v) is 4.23. The van der Waals surface area contributed by atoms with Gasteiger partial charge in [-0.15, -0.1) is 0 Å². The van der Waals surface area contributed by atoms with E-state index in [2.05, 4.69) is 12.2 Å². The van der Waals surface area contributed by atoms with E-state index in [1.165, 1.54) is 25.3 Å². The summed E-state index contributed by atoms with van der Waals surface area (Å²) in [6.07, 6.45) is 1.12. The second-order valence-electron chi connectivity index (χ2n) is 5.95. The lowest BCUT2D eigenvalue weighted by atomic mass is 10.1. The van der Waals surface area contributed by atoms with Crippen LogP contribution in [0, 0.1) is 16.0 Å². The second kappa shape index (κ2) is 6.35. The molecule has 0 bridgehead atoms. The molecule has 0 spiro atoms. The number of hydrogen-bond donors (Lipinski definition) is 1. The van der Waals surface area contributed by atoms with E-state index in [4.69, 9.17) is 9.15 Å². The highest BCUT2D eigenvalue weighted by Gasteiger charge is 2.36. The van der Waals surface area contributed by atoms with Crippen LogP contribution in [0.15, 0.2) is 34.7 Å². The molecule has 1 aromatic carbocycles. The predicted molar refractivity (Wildman–Crippen MR) is 86.0 cm³/mol. The number of nitro groups is 1. The van der Waals surface area contributed by atoms with Crippen LogP contribution in [0.25, 0.3) is 0 Å². The highest BCUT2D eigenvalue weighted by atomic mass is 16.6. The molecule has 7 nitrogen and oxygen atoms in total. The van der Waals surface area contributed by atoms with Crippen molar-refractivity contribution in [1.82, 2.24) is 5.32 Å². The number of nitrogens with zero attached hydrogens (tertiary/aromatic N) is 1. The fraction of sp³-hybridized carbons (Fsp3) is 0.353. The molecule has 0 aliphatic heterocycles. The van der Waals surface area contributed by atoms with E-state index in [9.17, 15) is 14.9 Å². The van der Waals surface area contributed by atoms with Gasteiger partial charge in [-0.05, 0) is 36.6 Å². The maximum Gasteiger partial charge on any atom is 0.282 e. The van der Waals surface area contributed by atoms with Gasteiger partial charge in [0.2, 0.25) is 0 Å². The van der Waals surface area contributed by atoms with Crippen LogP contribution in [-0.4, -0.2) is 17.9 Å². The lowest BCUT2D eigenvalue weighted by Crippen LogP contribution is -2.23. The number of carbonyl (C=O) groups excluding carboxylic acids is 1. The van der Waals surface area contributed by atoms with E-state index >= 15 is 0 Å². The van der Waals surface area contributed by atoms with E-state index in [1.807, 2.05) is 12.1 Å². The Kier molecular flexibility index (Phi) is 4.24. The summed E-state index contributed by atoms with van der Waals surface area (Å²) in [4.78, 5) is 22.8. The smallest absolute Gasteiger partial charge is 0.282 e. The predicted octanol–water partition coefficient (Wildman–Crippen LogP) is 3.25. The molecule has 0 radical (unpaired) electrons. The van der Waals surface area contributed by atoms with Gasteiger partial charge in [0, 0.05) is 12.0 Å². The number of rotatable bonds is 6. The molecular weight excluding hydrogens is 312 g/mol. The minimum Gasteiger partial charge on any atom is -0.497 e. The average molecular weight is 330 g/mol. The number of nitro benzene ring substituents is 1. The van der Waals surface area contributed by atoms with Crippen LogP contribution in [0.4, 0.5) is 5.69 Å². The molecule has 0 unspecified atom stereocenters. The van der Waals surface area contributed by atoms with Gasteiger partial charge >= 0.3 is 0 Å². The first-order valence-corrected chi connectivity index (χ1v) is 7.69. The molecule has 1 aliphatic carbocycles. The molecule has 24 heavy (non-hydrogen) atoms. The molecular formula is C17H18N2O5. The summed E-state index contributed by atoms with van der Waals surface area (Å²) < 4.78 is 10.7. The number of hydrogen-bond acceptors (Lipinski definition) is 5. The third-order valence-electron chi connectivity index (χ3n) is 4.23. The van der Waals surface area contributed by atoms with Gasteiger partial charge in [0.15, 0.2) is 0 Å². The van der Waals surface area contributed by atoms with E-state index < -0.39 is 10.8 Å². The first-order valence-electron chi connectivity index (χ1n) is 7.69. The van der Waals surface area contributed by atoms with Crippen molar-refractivity contribution in [2.45, 2.75) is 25.8 Å². The number of carbonyl (C=O) groups is 1. The first kappa shape index (κ1) is 16.0. The Morgan fingerprint density at radius 1 is 1.42 bits per heavy atom. The van der Waals surface area contributed by atoms with Crippen LogP contribution in [0.3, 0.4) is 0 Å². The Morgan fingerprint density at radius 3 is 2.79 bits per heavy atom. The number of methoxy groups -OCH3 is 1. The van der Waals surface area contributed by atoms with Gasteiger partial charge in [-0.2, -0.15) is 0 Å². The Labute approximate surface area is 138 Å². The van der Waals surface area contributed by atoms with Crippen molar-refractivity contribution in [3.05, 3.63) is 57.5 Å². The zero-order chi connectivity index (χ0) is 17.3. The molecule has 1 saturated carbocycles. The number of furan rings is 1. The van der Waals surface area contributed by atoms with Crippen LogP contribution in [0.2, 0.25) is 0 Å². The maximum absolute atomic E-state index is 12.3. The lowest BCUT2D eigenvalue weighted by Gasteiger charge is -2.06. The van der Waals surface area contributed by atoms with Crippen molar-refractivity contribution >= 4 is 11.6 Å². The quantitative estimate of drug-likeness (QED) is 0.648. The van der Waals surface area contributed by atoms with E-state index in [-0.39, 0.29) is 17.8 Å². The third kappa shape index (κ3) is 3.24. The van der Waals surface area contributed by atoms with Gasteiger partial charge in [0.1, 0.15) is 22.8 Å². The molecule has 2 aromatic rings. The summed E-state index contributed by atoms with van der Waals surface area (Å²) in [5.74, 6) is 2.50. The van der Waals surface area contributed by atoms with Crippen LogP contribution < -0.4 is 10.1 Å². The average Bonchev–Trinajstić information content (AvgIpc) is 3.12. The molecule has 1 aliphatic rings. The minimum absolute atomic E-state index is 0.0399. The molecule has 0 saturated heterocycles. The standard InChI is InChI=1S/C17H18N2O5/c1-10-7-13(10)16-6-4-12(24-16)9-18-17(20)14-8-11(23-2)3-5-15(14)19(21)22/h3-6,8,10,13H,7,9H2,1-2H3,(H,18,20)/t10-,13-/m1/s1. The summed E-state index contributed by atoms with van der Waals surface area (Å²) in [6.45, 7) is 2.34. The zero-order valence-electron chi connectivity index (χ0n) is 13.4. The fourth-order valence-corrected chi connectivity index (χ4v) is 2.65. The van der Waals surface area contributed by atoms with Crippen molar-refractivity contribution in [3.63, 3.8) is 0 Å². The normalized spacial score (nSPS) is 18.9. The lowest BCUT2D eigenvalue weighted by molar-refractivity contribution is -0.385. The number of ether oxygens (including phenoxy) is 1. The second-order valence-corrected chi connectivity index (χ2v) is 5.95. The molecule has 1 N–H and O–H groups in total. The van der Waals surface area contributed by atoms with Crippen LogP contribution in [0.5, 0.6) is 5.75 Å². The van der Waals surface area contributed by atoms with Gasteiger partial charge in [-0.1, -0.05) is 6.92 Å². The fourth-order valence-electron chi connectivity index (χ4n) is 2.65. The van der Waals surface area contributed by atoms with E-state index in [1.54, 1.807) is 0 Å². The van der Waals surface area contributed by atoms with Crippen molar-refractivity contribution in [2.75, 3.05) is 7.11 Å². The van der Waals surface area contributed by atoms with E-state index in [0.717, 1.165) is 12.2 Å². The highest BCUT2D eigenvalue weighted by Crippen LogP contribution is 2.47. The molecule has 1 heterocycles. The summed E-state index contributed by atoms with van der Waals surface area (Å²) in [5.41, 5.74) is -0.304. The summed E-state index contributed by atoms with van der Waals surface area (Å²) in [7, 11) is 1.44. The largest absolute Gasteiger partial charge is 0.497 e. The Morgan fingerprint density at radius 2 is 2.17 bits per heavy atom. The maximum atomic E-state index is 12.3. The van der Waals surface area contributed by atoms with Gasteiger partial charge < -0.3 is 14.5 Å². The molecule has 2 atom stereocenters. The molecule has 3 rings (SSSR count). The zero-order valence-corrected chi connectivity index (χ0v) is 13.4. The summed E-state index contributed by atoms with van der Waals surface area (Å²) >= 11 is 0. The minimum atomic E-state index is -0.589. The Hall–Kier alpha value is -2.83. The molecule has 7 heteroatoms. The van der Waals surface area contributed by atoms with Crippen molar-refractivity contribution in [2.24, 2.45) is 5.92 Å². The Balaban J connectivity index is 1.70. The van der Waals surface area contributed by atoms with Gasteiger partial charge in [-0.3, -0.25) is 14.9 Å². The topological polar surface area (TPSA) is 94.6 Å². The van der Waals surface area contributed by atoms with Gasteiger partial charge in [0.05, 0.1) is 18.6 Å². The van der Waals surface area contributed by atoms with Crippen LogP contribution in [0.1, 0.15) is 41.1 Å². The summed E-state index contributed by atoms with van der Waals surface area (Å²) in [5, 5.41) is 13.7. The van der Waals surface area contributed by atoms with Gasteiger partial charge in [-0.25, -0.2) is 0 Å². The van der Waals surface area contributed by atoms with Crippen LogP contribution in [-0.2, 0) is 6.54 Å². The first-order chi connectivity index (χ1) is 11.5. The van der Waals surface area contributed by atoms with Gasteiger partial charge in [0.25, 0.3) is 11.6 Å². The van der Waals surface area contributed by atoms with Crippen molar-refractivity contribution < 1.29 is 18.9 Å². The monoisotopic (exact) mass is 330 g/mol. The highest BCUT2D eigenvalue weighted by molar-refractivity contribution is 5.98. The number of amides is 1. The summed E-state index contributed by atoms with van der Waals surface area (Å²) in [6, 6.07) is 7.80. The number of benzene rings is 1. The molecule has 1 amide bonds. The van der Waals surface area contributed by atoms with Crippen LogP contribution >= 0.6 is 0 Å². The molecule has 126 valence electrons. The molecule has 1 fully saturated rings. The molecule has 1 aromatic heterocycles. The van der Waals surface area contributed by atoms with E-state index in [0.29, 0.717) is 23.3 Å². The SMILES string of the molecule is COc1ccc([N+](=O)[O-])c(C(=O)NCc2ccc([C@@H]3C[C@H]3C)o2)c1. The number of nitrogens with one attached hydrogen (secondary N) is 1. The van der Waals surface area contributed by atoms with Crippen molar-refractivity contribution in [3.8, 4) is 5.75 Å². The van der Waals surface area contributed by atoms with Crippen molar-refractivity contribution in [1.29, 1.82) is 0 Å².